The summed E-state index contributed by atoms with van der Waals surface area (Å²) < 4.78 is 6.53. The second-order valence-electron chi connectivity index (χ2n) is 17.3. The van der Waals surface area contributed by atoms with Crippen LogP contribution in [0.4, 0.5) is 4.79 Å². The number of nitrogens with one attached hydrogen (secondary N) is 5. The fourth-order valence-electron chi connectivity index (χ4n) is 8.14. The van der Waals surface area contributed by atoms with Crippen molar-refractivity contribution in [2.24, 2.45) is 5.41 Å². The molecule has 388 valence electrons. The minimum absolute atomic E-state index is 0.00289. The molecule has 3 unspecified atom stereocenters. The van der Waals surface area contributed by atoms with Crippen molar-refractivity contribution in [1.29, 1.82) is 0 Å². The number of carbonyl (C=O) groups is 9. The van der Waals surface area contributed by atoms with Crippen LogP contribution in [0.1, 0.15) is 122 Å². The number of amides is 4. The SMILES string of the molecule is C=C(/C=C\C(=C/C)CCC(=O)NCCCCCC(=O)NCCCC[C@H](NC(=O)N[C@@H](CCC(=O)O)C(=O)O)C(=O)O)C(O)C1(CC(=O)CNCC)Oc2ccc(CCC(=O)O)cc2CC1(CC)C(=O)O. The smallest absolute Gasteiger partial charge is 0.326 e. The number of aliphatic carboxylic acids is 5. The second-order valence-corrected chi connectivity index (χ2v) is 17.3. The maximum absolute atomic E-state index is 13.5. The number of urea groups is 1. The Morgan fingerprint density at radius 2 is 1.37 bits per heavy atom. The lowest BCUT2D eigenvalue weighted by Crippen LogP contribution is -2.67. The number of ketones is 1. The topological polar surface area (TPSA) is 344 Å². The fourth-order valence-corrected chi connectivity index (χ4v) is 8.14. The van der Waals surface area contributed by atoms with Crippen molar-refractivity contribution in [3.05, 3.63) is 65.3 Å². The Hall–Kier alpha value is -6.61. The Morgan fingerprint density at radius 1 is 0.757 bits per heavy atom. The van der Waals surface area contributed by atoms with Crippen molar-refractivity contribution >= 4 is 53.5 Å². The molecule has 0 bridgehead atoms. The largest absolute Gasteiger partial charge is 0.482 e. The summed E-state index contributed by atoms with van der Waals surface area (Å²) in [6, 6.07) is 1.07. The van der Waals surface area contributed by atoms with Gasteiger partial charge in [0.1, 0.15) is 29.4 Å². The van der Waals surface area contributed by atoms with E-state index < -0.39 is 77.9 Å². The predicted octanol–water partition coefficient (Wildman–Crippen LogP) is 3.66. The van der Waals surface area contributed by atoms with E-state index in [-0.39, 0.29) is 93.4 Å². The van der Waals surface area contributed by atoms with Crippen molar-refractivity contribution in [3.63, 3.8) is 0 Å². The molecule has 70 heavy (non-hydrogen) atoms. The highest BCUT2D eigenvalue weighted by molar-refractivity contribution is 5.87. The molecule has 1 aliphatic heterocycles. The van der Waals surface area contributed by atoms with Crippen LogP contribution < -0.4 is 31.3 Å². The van der Waals surface area contributed by atoms with E-state index in [1.54, 1.807) is 44.2 Å². The Balaban J connectivity index is 1.88. The zero-order chi connectivity index (χ0) is 52.4. The summed E-state index contributed by atoms with van der Waals surface area (Å²) in [5.41, 5.74) is -1.78. The number of carboxylic acids is 5. The van der Waals surface area contributed by atoms with E-state index in [2.05, 4.69) is 33.2 Å². The number of ether oxygens (including phenoxy) is 1. The maximum atomic E-state index is 13.5. The van der Waals surface area contributed by atoms with Crippen molar-refractivity contribution in [3.8, 4) is 5.75 Å². The number of aliphatic hydroxyl groups is 1. The molecule has 0 aliphatic carbocycles. The molecule has 4 amide bonds. The first kappa shape index (κ1) is 59.5. The third kappa shape index (κ3) is 19.1. The molecule has 21 nitrogen and oxygen atoms in total. The first-order valence-electron chi connectivity index (χ1n) is 23.6. The number of allylic oxidation sites excluding steroid dienone is 3. The molecular weight excluding hydrogens is 915 g/mol. The van der Waals surface area contributed by atoms with Gasteiger partial charge in [-0.1, -0.05) is 62.8 Å². The van der Waals surface area contributed by atoms with E-state index >= 15 is 0 Å². The van der Waals surface area contributed by atoms with Crippen molar-refractivity contribution < 1.29 is 78.5 Å². The van der Waals surface area contributed by atoms with E-state index in [0.717, 1.165) is 5.57 Å². The van der Waals surface area contributed by atoms with Crippen LogP contribution in [0.25, 0.3) is 0 Å². The Labute approximate surface area is 407 Å². The van der Waals surface area contributed by atoms with Crippen molar-refractivity contribution in [2.45, 2.75) is 147 Å². The Kier molecular flexibility index (Phi) is 25.6. The number of carbonyl (C=O) groups excluding carboxylic acids is 4. The molecule has 0 saturated carbocycles. The molecule has 0 radical (unpaired) electrons. The van der Waals surface area contributed by atoms with Crippen molar-refractivity contribution in [1.82, 2.24) is 26.6 Å². The molecule has 1 aromatic carbocycles. The van der Waals surface area contributed by atoms with Crippen molar-refractivity contribution in [2.75, 3.05) is 26.2 Å². The zero-order valence-corrected chi connectivity index (χ0v) is 40.3. The van der Waals surface area contributed by atoms with E-state index in [4.69, 9.17) is 9.84 Å². The molecule has 21 heteroatoms. The van der Waals surface area contributed by atoms with Gasteiger partial charge in [0.15, 0.2) is 11.4 Å². The number of unbranched alkanes of at least 4 members (excludes halogenated alkanes) is 3. The standard InChI is InChI=1S/C49H71N5O16/c1-5-32(18-22-40(57)52-25-11-8-9-14-39(56)51-26-12-10-13-36(44(63)64)53-47(69)54-37(45(65)66)20-24-42(60)61)16-15-31(4)43(62)49(29-35(55)30-50-7-3)48(6-2,46(67)68)28-34-27-33(19-23-41(58)59)17-21-38(34)70-49/h5,15-17,21,27,36-37,43,50,62H,4,6-14,18-20,22-26,28-30H2,1-3H3,(H,51,56)(H,52,57)(H,58,59)(H,60,61)(H,63,64)(H,65,66)(H,67,68)(H2,53,54,69)/b16-15-,32-5+/t36-,37-,43?,48?,49?/m0/s1. The fraction of sp³-hybridized carbons (Fsp3) is 0.571. The summed E-state index contributed by atoms with van der Waals surface area (Å²) in [4.78, 5) is 109. The van der Waals surface area contributed by atoms with Crippen LogP contribution in [0.5, 0.6) is 5.75 Å². The highest BCUT2D eigenvalue weighted by Crippen LogP contribution is 2.53. The zero-order valence-electron chi connectivity index (χ0n) is 40.3. The third-order valence-electron chi connectivity index (χ3n) is 12.2. The van der Waals surface area contributed by atoms with Gasteiger partial charge in [-0.3, -0.25) is 28.8 Å². The summed E-state index contributed by atoms with van der Waals surface area (Å²) in [5.74, 6) is -6.84. The van der Waals surface area contributed by atoms with Gasteiger partial charge in [0.2, 0.25) is 11.8 Å². The molecule has 0 aromatic heterocycles. The highest BCUT2D eigenvalue weighted by atomic mass is 16.5. The number of carboxylic acid groups (broad SMARTS) is 5. The van der Waals surface area contributed by atoms with E-state index in [9.17, 15) is 68.7 Å². The quantitative estimate of drug-likeness (QED) is 0.0341. The number of aliphatic hydroxyl groups excluding tert-OH is 1. The van der Waals surface area contributed by atoms with Gasteiger partial charge < -0.3 is 62.0 Å². The number of likely N-dealkylation sites (N-methyl/N-ethyl adjacent to an activating group) is 1. The normalized spacial score (nSPS) is 17.7. The van der Waals surface area contributed by atoms with Crippen LogP contribution in [0.2, 0.25) is 0 Å². The second kappa shape index (κ2) is 30.1. The number of fused-ring (bicyclic) bond motifs is 1. The lowest BCUT2D eigenvalue weighted by atomic mass is 9.59. The first-order valence-corrected chi connectivity index (χ1v) is 23.6. The first-order chi connectivity index (χ1) is 33.1. The van der Waals surface area contributed by atoms with Gasteiger partial charge in [0.25, 0.3) is 0 Å². The molecule has 2 rings (SSSR count). The van der Waals surface area contributed by atoms with Crippen LogP contribution in [-0.4, -0.2) is 134 Å². The van der Waals surface area contributed by atoms with Crippen LogP contribution in [0.3, 0.4) is 0 Å². The number of rotatable bonds is 35. The number of benzene rings is 1. The van der Waals surface area contributed by atoms with E-state index in [0.29, 0.717) is 62.7 Å². The van der Waals surface area contributed by atoms with Crippen LogP contribution in [0.15, 0.2) is 54.2 Å². The summed E-state index contributed by atoms with van der Waals surface area (Å²) in [6.07, 6.45) is 5.14. The third-order valence-corrected chi connectivity index (χ3v) is 12.2. The maximum Gasteiger partial charge on any atom is 0.326 e. The van der Waals surface area contributed by atoms with E-state index in [1.165, 1.54) is 6.08 Å². The molecular formula is C49H71N5O16. The molecule has 5 atom stereocenters. The molecule has 11 N–H and O–H groups in total. The molecule has 0 saturated heterocycles. The number of Topliss-reactive ketones (excluding diaryl/α,β-unsaturated/α-hetero) is 1. The minimum atomic E-state index is -1.98. The summed E-state index contributed by atoms with van der Waals surface area (Å²) in [6.45, 7) is 10.3. The summed E-state index contributed by atoms with van der Waals surface area (Å²) in [5, 5.41) is 72.4. The van der Waals surface area contributed by atoms with Gasteiger partial charge in [-0.05, 0) is 100 Å². The molecule has 0 spiro atoms. The van der Waals surface area contributed by atoms with E-state index in [1.807, 2.05) is 6.92 Å². The average molecular weight is 986 g/mol. The van der Waals surface area contributed by atoms with Gasteiger partial charge in [-0.2, -0.15) is 0 Å². The van der Waals surface area contributed by atoms with Gasteiger partial charge >= 0.3 is 35.9 Å². The molecule has 1 heterocycles. The summed E-state index contributed by atoms with van der Waals surface area (Å²) >= 11 is 0. The number of hydrogen-bond donors (Lipinski definition) is 11. The monoisotopic (exact) mass is 985 g/mol. The molecule has 1 aromatic rings. The van der Waals surface area contributed by atoms with Crippen LogP contribution >= 0.6 is 0 Å². The Bertz CT molecular complexity index is 2090. The summed E-state index contributed by atoms with van der Waals surface area (Å²) in [7, 11) is 0. The van der Waals surface area contributed by atoms with Gasteiger partial charge in [0.05, 0.1) is 13.0 Å². The Morgan fingerprint density at radius 3 is 1.94 bits per heavy atom. The lowest BCUT2D eigenvalue weighted by Gasteiger charge is -2.53. The van der Waals surface area contributed by atoms with Gasteiger partial charge in [-0.15, -0.1) is 0 Å². The van der Waals surface area contributed by atoms with Gasteiger partial charge in [0, 0.05) is 38.8 Å². The minimum Gasteiger partial charge on any atom is -0.482 e. The average Bonchev–Trinajstić information content (AvgIpc) is 3.30. The van der Waals surface area contributed by atoms with Crippen LogP contribution in [-0.2, 0) is 51.2 Å². The van der Waals surface area contributed by atoms with Gasteiger partial charge in [-0.25, -0.2) is 14.4 Å². The number of hydrogen-bond acceptors (Lipinski definition) is 12. The molecule has 1 aliphatic rings. The highest BCUT2D eigenvalue weighted by Gasteiger charge is 2.64. The number of aryl methyl sites for hydroxylation is 1. The lowest BCUT2D eigenvalue weighted by molar-refractivity contribution is -0.186. The molecule has 0 fully saturated rings. The predicted molar refractivity (Wildman–Crippen MR) is 255 cm³/mol. The van der Waals surface area contributed by atoms with Crippen LogP contribution in [0, 0.1) is 5.41 Å².